The Balaban J connectivity index is 0.00000280. The Hall–Kier alpha value is -2.45. The molecule has 0 amide bonds. The van der Waals surface area contributed by atoms with Gasteiger partial charge in [0, 0.05) is 11.3 Å². The zero-order chi connectivity index (χ0) is 19.4. The van der Waals surface area contributed by atoms with E-state index in [0.717, 1.165) is 0 Å². The van der Waals surface area contributed by atoms with E-state index in [9.17, 15) is 13.2 Å². The predicted molar refractivity (Wildman–Crippen MR) is 105 cm³/mol. The molecule has 0 aromatic heterocycles. The lowest BCUT2D eigenvalue weighted by atomic mass is 9.91. The predicted octanol–water partition coefficient (Wildman–Crippen LogP) is 4.24. The van der Waals surface area contributed by atoms with Gasteiger partial charge < -0.3 is 20.5 Å². The zero-order valence-corrected chi connectivity index (χ0v) is 15.9. The third-order valence-electron chi connectivity index (χ3n) is 4.10. The number of hydrogen-bond acceptors (Lipinski definition) is 5. The maximum atomic E-state index is 14.5. The number of halogens is 4. The molecule has 5 nitrogen and oxygen atoms in total. The van der Waals surface area contributed by atoms with Crippen LogP contribution in [0, 0.1) is 5.82 Å². The Morgan fingerprint density at radius 3 is 2.75 bits per heavy atom. The molecule has 9 heteroatoms. The van der Waals surface area contributed by atoms with Crippen molar-refractivity contribution in [3.8, 4) is 5.75 Å². The van der Waals surface area contributed by atoms with Crippen LogP contribution < -0.4 is 15.8 Å². The molecule has 1 aliphatic rings. The molecule has 0 saturated heterocycles. The molecule has 0 spiro atoms. The van der Waals surface area contributed by atoms with E-state index >= 15 is 0 Å². The molecule has 2 aromatic rings. The number of ether oxygens (including phenoxy) is 2. The zero-order valence-electron chi connectivity index (χ0n) is 15.1. The molecule has 2 aromatic carbocycles. The molecule has 152 valence electrons. The van der Waals surface area contributed by atoms with E-state index < -0.39 is 24.4 Å². The van der Waals surface area contributed by atoms with Gasteiger partial charge in [-0.25, -0.2) is 13.2 Å². The van der Waals surface area contributed by atoms with Gasteiger partial charge in [-0.05, 0) is 37.3 Å². The summed E-state index contributed by atoms with van der Waals surface area (Å²) in [6.07, 6.45) is -2.58. The lowest BCUT2D eigenvalue weighted by Crippen LogP contribution is -2.38. The fourth-order valence-electron chi connectivity index (χ4n) is 2.89. The van der Waals surface area contributed by atoms with Gasteiger partial charge in [-0.1, -0.05) is 12.1 Å². The maximum absolute atomic E-state index is 14.5. The molecule has 0 saturated carbocycles. The van der Waals surface area contributed by atoms with Crippen molar-refractivity contribution in [2.24, 2.45) is 10.7 Å². The van der Waals surface area contributed by atoms with Gasteiger partial charge >= 0.3 is 0 Å². The number of amidine groups is 1. The number of nitrogens with two attached hydrogens (primary N) is 1. The lowest BCUT2D eigenvalue weighted by Gasteiger charge is -2.30. The van der Waals surface area contributed by atoms with Gasteiger partial charge in [-0.15, -0.1) is 12.4 Å². The summed E-state index contributed by atoms with van der Waals surface area (Å²) in [4.78, 5) is 4.35. The van der Waals surface area contributed by atoms with Gasteiger partial charge in [0.05, 0.1) is 12.3 Å². The van der Waals surface area contributed by atoms with Gasteiger partial charge in [0.25, 0.3) is 6.43 Å². The van der Waals surface area contributed by atoms with E-state index in [0.29, 0.717) is 22.8 Å². The minimum Gasteiger partial charge on any atom is -0.485 e. The summed E-state index contributed by atoms with van der Waals surface area (Å²) < 4.78 is 49.9. The topological polar surface area (TPSA) is 68.9 Å². The Bertz CT molecular complexity index is 851. The number of nitrogens with zero attached hydrogens (tertiary/aromatic N) is 1. The van der Waals surface area contributed by atoms with Gasteiger partial charge in [0.1, 0.15) is 36.2 Å². The van der Waals surface area contributed by atoms with Crippen molar-refractivity contribution in [2.45, 2.75) is 18.9 Å². The molecule has 1 atom stereocenters. The van der Waals surface area contributed by atoms with Crippen LogP contribution in [0.3, 0.4) is 0 Å². The first-order valence-corrected chi connectivity index (χ1v) is 8.36. The lowest BCUT2D eigenvalue weighted by molar-refractivity contribution is 0.0823. The average Bonchev–Trinajstić information content (AvgIpc) is 2.62. The van der Waals surface area contributed by atoms with Crippen molar-refractivity contribution < 1.29 is 22.6 Å². The van der Waals surface area contributed by atoms with Crippen molar-refractivity contribution in [3.05, 3.63) is 53.8 Å². The number of anilines is 2. The molecule has 3 rings (SSSR count). The highest BCUT2D eigenvalue weighted by Gasteiger charge is 2.32. The summed E-state index contributed by atoms with van der Waals surface area (Å²) in [5.41, 5.74) is 6.16. The first kappa shape index (κ1) is 21.8. The van der Waals surface area contributed by atoms with E-state index in [-0.39, 0.29) is 31.4 Å². The largest absolute Gasteiger partial charge is 0.485 e. The Morgan fingerprint density at radius 2 is 2.04 bits per heavy atom. The fourth-order valence-corrected chi connectivity index (χ4v) is 2.89. The van der Waals surface area contributed by atoms with Crippen LogP contribution in [0.5, 0.6) is 5.75 Å². The van der Waals surface area contributed by atoms with E-state index in [1.54, 1.807) is 43.3 Å². The maximum Gasteiger partial charge on any atom is 0.272 e. The summed E-state index contributed by atoms with van der Waals surface area (Å²) in [7, 11) is 0. The fraction of sp³-hybridized carbons (Fsp3) is 0.316. The van der Waals surface area contributed by atoms with Crippen LogP contribution in [0.4, 0.5) is 24.5 Å². The number of aliphatic imine (C=N–C) groups is 1. The van der Waals surface area contributed by atoms with Crippen LogP contribution in [0.2, 0.25) is 0 Å². The van der Waals surface area contributed by atoms with Crippen LogP contribution >= 0.6 is 12.4 Å². The van der Waals surface area contributed by atoms with E-state index in [1.165, 1.54) is 6.07 Å². The van der Waals surface area contributed by atoms with Crippen LogP contribution in [-0.2, 0) is 10.3 Å². The normalized spacial score (nSPS) is 19.0. The van der Waals surface area contributed by atoms with Crippen LogP contribution in [0.15, 0.2) is 47.5 Å². The first-order chi connectivity index (χ1) is 12.9. The van der Waals surface area contributed by atoms with E-state index in [2.05, 4.69) is 10.3 Å². The highest BCUT2D eigenvalue weighted by atomic mass is 35.5. The van der Waals surface area contributed by atoms with Crippen molar-refractivity contribution in [1.82, 2.24) is 0 Å². The summed E-state index contributed by atoms with van der Waals surface area (Å²) in [5, 5.41) is 3.07. The Labute approximate surface area is 167 Å². The summed E-state index contributed by atoms with van der Waals surface area (Å²) in [6.45, 7) is 1.43. The second kappa shape index (κ2) is 9.16. The molecule has 28 heavy (non-hydrogen) atoms. The summed E-state index contributed by atoms with van der Waals surface area (Å²) >= 11 is 0. The molecule has 0 fully saturated rings. The highest BCUT2D eigenvalue weighted by molar-refractivity contribution is 5.85. The Kier molecular flexibility index (Phi) is 7.15. The molecule has 0 aliphatic carbocycles. The van der Waals surface area contributed by atoms with Crippen molar-refractivity contribution in [1.29, 1.82) is 0 Å². The minimum atomic E-state index is -2.58. The van der Waals surface area contributed by atoms with Crippen LogP contribution in [-0.4, -0.2) is 32.1 Å². The second-order valence-corrected chi connectivity index (χ2v) is 6.39. The quantitative estimate of drug-likeness (QED) is 0.740. The molecule has 0 bridgehead atoms. The third kappa shape index (κ3) is 5.08. The SMILES string of the molecule is CC1(c2cc(Nc3ccccc3OCC(F)F)ccc2F)COCC(N)=N1.Cl. The van der Waals surface area contributed by atoms with Crippen LogP contribution in [0.1, 0.15) is 12.5 Å². The summed E-state index contributed by atoms with van der Waals surface area (Å²) in [6, 6.07) is 11.1. The first-order valence-electron chi connectivity index (χ1n) is 8.36. The average molecular weight is 416 g/mol. The number of alkyl halides is 2. The number of hydrogen-bond donors (Lipinski definition) is 2. The number of nitrogens with one attached hydrogen (secondary N) is 1. The van der Waals surface area contributed by atoms with Crippen molar-refractivity contribution in [2.75, 3.05) is 25.1 Å². The highest BCUT2D eigenvalue weighted by Crippen LogP contribution is 2.34. The number of rotatable bonds is 6. The van der Waals surface area contributed by atoms with Crippen LogP contribution in [0.25, 0.3) is 0 Å². The second-order valence-electron chi connectivity index (χ2n) is 6.39. The van der Waals surface area contributed by atoms with Crippen molar-refractivity contribution >= 4 is 29.6 Å². The molecule has 1 heterocycles. The molecule has 3 N–H and O–H groups in total. The molecular formula is C19H21ClF3N3O2. The minimum absolute atomic E-state index is 0. The standard InChI is InChI=1S/C19H20F3N3O2.ClH/c1-19(11-26-10-18(23)25-19)13-8-12(6-7-14(13)20)24-15-4-2-3-5-16(15)27-9-17(21)22;/h2-8,17,24H,9-11H2,1H3,(H2,23,25);1H. The number of para-hydroxylation sites is 2. The van der Waals surface area contributed by atoms with Gasteiger partial charge in [0.15, 0.2) is 0 Å². The van der Waals surface area contributed by atoms with E-state index in [4.69, 9.17) is 15.2 Å². The summed E-state index contributed by atoms with van der Waals surface area (Å²) in [5.74, 6) is 0.137. The van der Waals surface area contributed by atoms with Crippen molar-refractivity contribution in [3.63, 3.8) is 0 Å². The van der Waals surface area contributed by atoms with Gasteiger partial charge in [-0.3, -0.25) is 4.99 Å². The monoisotopic (exact) mass is 415 g/mol. The third-order valence-corrected chi connectivity index (χ3v) is 4.10. The smallest absolute Gasteiger partial charge is 0.272 e. The molecular weight excluding hydrogens is 395 g/mol. The molecule has 0 radical (unpaired) electrons. The van der Waals surface area contributed by atoms with E-state index in [1.807, 2.05) is 0 Å². The van der Waals surface area contributed by atoms with Gasteiger partial charge in [-0.2, -0.15) is 0 Å². The van der Waals surface area contributed by atoms with Gasteiger partial charge in [0.2, 0.25) is 0 Å². The molecule has 1 unspecified atom stereocenters. The Morgan fingerprint density at radius 1 is 1.29 bits per heavy atom. The number of benzene rings is 2. The molecule has 1 aliphatic heterocycles.